The number of phenolic OH excluding ortho intramolecular Hbond substituents is 1. The highest BCUT2D eigenvalue weighted by Gasteiger charge is 2.30. The topological polar surface area (TPSA) is 41.8 Å². The highest BCUT2D eigenvalue weighted by Crippen LogP contribution is 2.49. The van der Waals surface area contributed by atoms with Gasteiger partial charge in [-0.25, -0.2) is 0 Å². The van der Waals surface area contributed by atoms with Gasteiger partial charge in [0, 0.05) is 22.5 Å². The minimum Gasteiger partial charge on any atom is -0.504 e. The van der Waals surface area contributed by atoms with Gasteiger partial charge in [-0.2, -0.15) is 0 Å². The first-order valence-corrected chi connectivity index (χ1v) is 10.4. The molecule has 0 aliphatic heterocycles. The Balaban J connectivity index is 1.95. The fourth-order valence-electron chi connectivity index (χ4n) is 3.16. The van der Waals surface area contributed by atoms with Gasteiger partial charge in [-0.3, -0.25) is 4.99 Å². The van der Waals surface area contributed by atoms with E-state index in [-0.39, 0.29) is 10.9 Å². The van der Waals surface area contributed by atoms with Gasteiger partial charge in [0.25, 0.3) is 0 Å². The summed E-state index contributed by atoms with van der Waals surface area (Å²) in [6.07, 6.45) is 2.83. The number of phenols is 1. The van der Waals surface area contributed by atoms with E-state index in [0.717, 1.165) is 23.2 Å². The molecule has 0 spiro atoms. The summed E-state index contributed by atoms with van der Waals surface area (Å²) in [6, 6.07) is 24.0. The van der Waals surface area contributed by atoms with Crippen molar-refractivity contribution in [3.8, 4) is 11.5 Å². The Kier molecular flexibility index (Phi) is 6.49. The summed E-state index contributed by atoms with van der Waals surface area (Å²) in [5.41, 5.74) is 2.96. The van der Waals surface area contributed by atoms with E-state index in [9.17, 15) is 5.11 Å². The van der Waals surface area contributed by atoms with Crippen LogP contribution in [0, 0.1) is 0 Å². The molecule has 0 amide bonds. The fourth-order valence-corrected chi connectivity index (χ4v) is 4.74. The van der Waals surface area contributed by atoms with Crippen molar-refractivity contribution in [2.75, 3.05) is 7.11 Å². The number of ether oxygens (including phenoxy) is 1. The van der Waals surface area contributed by atoms with Gasteiger partial charge in [-0.1, -0.05) is 77.0 Å². The summed E-state index contributed by atoms with van der Waals surface area (Å²) < 4.78 is 5.32. The largest absolute Gasteiger partial charge is 0.504 e. The van der Waals surface area contributed by atoms with Gasteiger partial charge in [0.05, 0.1) is 12.8 Å². The Morgan fingerprint density at radius 2 is 1.71 bits per heavy atom. The van der Waals surface area contributed by atoms with Gasteiger partial charge < -0.3 is 9.84 Å². The molecule has 0 aliphatic rings. The Morgan fingerprint density at radius 3 is 2.43 bits per heavy atom. The molecule has 0 saturated heterocycles. The van der Waals surface area contributed by atoms with Crippen molar-refractivity contribution in [3.63, 3.8) is 0 Å². The summed E-state index contributed by atoms with van der Waals surface area (Å²) in [4.78, 5) is 4.62. The molecule has 0 heterocycles. The molecule has 3 aromatic rings. The number of benzene rings is 3. The van der Waals surface area contributed by atoms with E-state index in [1.54, 1.807) is 13.2 Å². The van der Waals surface area contributed by atoms with E-state index in [4.69, 9.17) is 4.74 Å². The lowest BCUT2D eigenvalue weighted by Gasteiger charge is -2.31. The number of para-hydroxylation sites is 2. The van der Waals surface area contributed by atoms with Gasteiger partial charge in [-0.15, -0.1) is 0 Å². The summed E-state index contributed by atoms with van der Waals surface area (Å²) in [5.74, 6) is 0.748. The number of hydrogen-bond acceptors (Lipinski definition) is 3. The molecule has 144 valence electrons. The first-order valence-electron chi connectivity index (χ1n) is 9.40. The van der Waals surface area contributed by atoms with E-state index < -0.39 is 0 Å². The molecule has 0 radical (unpaired) electrons. The van der Waals surface area contributed by atoms with Crippen molar-refractivity contribution in [2.24, 2.45) is 4.99 Å². The van der Waals surface area contributed by atoms with Crippen LogP contribution in [0.25, 0.3) is 0 Å². The van der Waals surface area contributed by atoms with Crippen molar-refractivity contribution in [1.29, 1.82) is 0 Å². The van der Waals surface area contributed by atoms with Gasteiger partial charge in [0.15, 0.2) is 11.5 Å². The Bertz CT molecular complexity index is 956. The molecule has 1 N–H and O–H groups in total. The first kappa shape index (κ1) is 20.1. The van der Waals surface area contributed by atoms with Crippen LogP contribution in [-0.4, -0.2) is 18.4 Å². The predicted molar refractivity (Wildman–Crippen MR) is 120 cm³/mol. The molecule has 2 atom stereocenters. The summed E-state index contributed by atoms with van der Waals surface area (Å²) in [7, 11) is 2.06. The number of hydrogen-bond donors (Lipinski definition) is 1. The van der Waals surface area contributed by atoms with Crippen LogP contribution < -0.4 is 10.0 Å². The lowest BCUT2D eigenvalue weighted by Crippen LogP contribution is -2.20. The van der Waals surface area contributed by atoms with Gasteiger partial charge in [-0.05, 0) is 29.9 Å². The van der Waals surface area contributed by atoms with Crippen LogP contribution in [0.5, 0.6) is 11.5 Å². The molecule has 3 rings (SSSR count). The normalized spacial score (nSPS) is 13.8. The maximum Gasteiger partial charge on any atom is 0.161 e. The van der Waals surface area contributed by atoms with Crippen LogP contribution in [-0.2, 0) is 5.16 Å². The van der Waals surface area contributed by atoms with Gasteiger partial charge >= 0.3 is 0 Å². The van der Waals surface area contributed by atoms with Crippen molar-refractivity contribution in [3.05, 3.63) is 83.9 Å². The first-order chi connectivity index (χ1) is 13.6. The Morgan fingerprint density at radius 1 is 1.00 bits per heavy atom. The molecular formula is C24H26NO2P. The Labute approximate surface area is 168 Å². The van der Waals surface area contributed by atoms with Crippen LogP contribution in [0.15, 0.2) is 77.8 Å². The molecule has 0 aliphatic carbocycles. The second kappa shape index (κ2) is 9.03. The molecule has 0 aromatic heterocycles. The van der Waals surface area contributed by atoms with Crippen LogP contribution in [0.1, 0.15) is 31.4 Å². The number of aliphatic imine (C=N–C) groups is 1. The summed E-state index contributed by atoms with van der Waals surface area (Å²) in [6.45, 7) is 4.36. The maximum absolute atomic E-state index is 10.7. The smallest absolute Gasteiger partial charge is 0.161 e. The average Bonchev–Trinajstić information content (AvgIpc) is 2.74. The Hall–Kier alpha value is -2.64. The third-order valence-electron chi connectivity index (χ3n) is 5.00. The van der Waals surface area contributed by atoms with Crippen molar-refractivity contribution in [1.82, 2.24) is 0 Å². The molecule has 28 heavy (non-hydrogen) atoms. The lowest BCUT2D eigenvalue weighted by molar-refractivity contribution is 0.367. The van der Waals surface area contributed by atoms with Crippen molar-refractivity contribution >= 4 is 25.8 Å². The quantitative estimate of drug-likeness (QED) is 0.410. The number of methoxy groups -OCH3 is 1. The zero-order valence-electron chi connectivity index (χ0n) is 16.5. The van der Waals surface area contributed by atoms with Crippen LogP contribution in [0.4, 0.5) is 5.69 Å². The van der Waals surface area contributed by atoms with Crippen LogP contribution >= 0.6 is 8.58 Å². The molecule has 0 fully saturated rings. The van der Waals surface area contributed by atoms with Crippen molar-refractivity contribution < 1.29 is 9.84 Å². The monoisotopic (exact) mass is 391 g/mol. The zero-order chi connectivity index (χ0) is 20.0. The third kappa shape index (κ3) is 4.43. The van der Waals surface area contributed by atoms with E-state index in [2.05, 4.69) is 37.0 Å². The second-order valence-electron chi connectivity index (χ2n) is 6.85. The molecule has 4 heteroatoms. The number of rotatable bonds is 7. The zero-order valence-corrected chi connectivity index (χ0v) is 17.5. The van der Waals surface area contributed by atoms with Crippen molar-refractivity contribution in [2.45, 2.75) is 25.4 Å². The van der Waals surface area contributed by atoms with E-state index in [0.29, 0.717) is 14.3 Å². The SMILES string of the molecule is CCC(C)(Pc1ccccc1/C=N/c1ccccc1)c1cccc(OC)c1O. The fraction of sp³-hybridized carbons (Fsp3) is 0.208. The molecule has 3 nitrogen and oxygen atoms in total. The molecule has 3 aromatic carbocycles. The molecule has 0 saturated carbocycles. The lowest BCUT2D eigenvalue weighted by atomic mass is 9.96. The van der Waals surface area contributed by atoms with Gasteiger partial charge in [0.1, 0.15) is 0 Å². The standard InChI is InChI=1S/C24H26NO2P/c1-4-24(2,20-14-10-15-21(27-3)23(20)26)28-22-16-9-8-11-18(22)17-25-19-12-6-5-7-13-19/h5-17,26,28H,4H2,1-3H3/b25-17+. The maximum atomic E-state index is 10.7. The molecular weight excluding hydrogens is 365 g/mol. The van der Waals surface area contributed by atoms with Crippen LogP contribution in [0.2, 0.25) is 0 Å². The molecule has 2 unspecified atom stereocenters. The van der Waals surface area contributed by atoms with Crippen LogP contribution in [0.3, 0.4) is 0 Å². The van der Waals surface area contributed by atoms with Gasteiger partial charge in [0.2, 0.25) is 0 Å². The predicted octanol–water partition coefficient (Wildman–Crippen LogP) is 5.78. The number of nitrogens with zero attached hydrogens (tertiary/aromatic N) is 1. The van der Waals surface area contributed by atoms with E-state index >= 15 is 0 Å². The highest BCUT2D eigenvalue weighted by atomic mass is 31.1. The minimum absolute atomic E-state index is 0.199. The highest BCUT2D eigenvalue weighted by molar-refractivity contribution is 7.48. The average molecular weight is 391 g/mol. The number of aromatic hydroxyl groups is 1. The third-order valence-corrected chi connectivity index (χ3v) is 6.90. The molecule has 0 bridgehead atoms. The summed E-state index contributed by atoms with van der Waals surface area (Å²) >= 11 is 0. The van der Waals surface area contributed by atoms with E-state index in [1.165, 1.54) is 5.30 Å². The minimum atomic E-state index is -0.199. The second-order valence-corrected chi connectivity index (χ2v) is 8.74. The van der Waals surface area contributed by atoms with E-state index in [1.807, 2.05) is 54.7 Å². The summed E-state index contributed by atoms with van der Waals surface area (Å²) in [5, 5.41) is 11.7.